The summed E-state index contributed by atoms with van der Waals surface area (Å²) in [6.07, 6.45) is 3.15. The van der Waals surface area contributed by atoms with Crippen LogP contribution in [0.15, 0.2) is 82.8 Å². The quantitative estimate of drug-likeness (QED) is 0.201. The van der Waals surface area contributed by atoms with Crippen LogP contribution in [0.5, 0.6) is 5.75 Å². The van der Waals surface area contributed by atoms with Crippen LogP contribution in [0.1, 0.15) is 16.1 Å². The second kappa shape index (κ2) is 8.50. The van der Waals surface area contributed by atoms with E-state index in [1.807, 2.05) is 36.4 Å². The number of nitro groups is 1. The number of hydrogen-bond acceptors (Lipinski definition) is 6. The van der Waals surface area contributed by atoms with Crippen molar-refractivity contribution in [3.05, 3.63) is 94.8 Å². The van der Waals surface area contributed by atoms with Crippen LogP contribution in [-0.4, -0.2) is 23.7 Å². The minimum Gasteiger partial charge on any atom is -0.489 e. The number of carbonyl (C=O) groups is 1. The van der Waals surface area contributed by atoms with Crippen LogP contribution in [0.3, 0.4) is 0 Å². The molecule has 4 aromatic rings. The molecule has 0 radical (unpaired) electrons. The number of hydrogen-bond donors (Lipinski definition) is 1. The lowest BCUT2D eigenvalue weighted by Crippen LogP contribution is -2.16. The van der Waals surface area contributed by atoms with Crippen LogP contribution in [0, 0.1) is 10.1 Å². The number of non-ortho nitro benzene ring substituents is 1. The number of amides is 1. The molecule has 4 rings (SSSR count). The average Bonchev–Trinajstić information content (AvgIpc) is 3.21. The third kappa shape index (κ3) is 4.13. The minimum atomic E-state index is -0.580. The number of ether oxygens (including phenoxy) is 1. The number of rotatable bonds is 7. The molecule has 0 unspecified atom stereocenters. The maximum absolute atomic E-state index is 12.4. The lowest BCUT2D eigenvalue weighted by molar-refractivity contribution is -0.384. The first-order chi connectivity index (χ1) is 15.1. The van der Waals surface area contributed by atoms with Crippen LogP contribution in [0.25, 0.3) is 21.7 Å². The minimum absolute atomic E-state index is 0.00583. The molecule has 0 fully saturated rings. The van der Waals surface area contributed by atoms with Gasteiger partial charge in [-0.2, -0.15) is 5.10 Å². The van der Waals surface area contributed by atoms with Gasteiger partial charge in [0.25, 0.3) is 5.69 Å². The van der Waals surface area contributed by atoms with E-state index < -0.39 is 10.8 Å². The van der Waals surface area contributed by atoms with E-state index in [4.69, 9.17) is 9.15 Å². The molecule has 0 aliphatic carbocycles. The van der Waals surface area contributed by atoms with E-state index in [2.05, 4.69) is 17.1 Å². The number of fused-ring (bicyclic) bond motifs is 2. The van der Waals surface area contributed by atoms with Crippen molar-refractivity contribution in [1.82, 2.24) is 5.43 Å². The highest BCUT2D eigenvalue weighted by Crippen LogP contribution is 2.27. The zero-order chi connectivity index (χ0) is 21.8. The molecule has 0 spiro atoms. The van der Waals surface area contributed by atoms with Crippen LogP contribution >= 0.6 is 0 Å². The second-order valence-electron chi connectivity index (χ2n) is 6.59. The summed E-state index contributed by atoms with van der Waals surface area (Å²) in [5.74, 6) is 0.0187. The molecule has 0 aliphatic rings. The Morgan fingerprint density at radius 1 is 1.16 bits per heavy atom. The summed E-state index contributed by atoms with van der Waals surface area (Å²) in [6, 6.07) is 17.1. The normalized spacial score (nSPS) is 11.1. The summed E-state index contributed by atoms with van der Waals surface area (Å²) < 4.78 is 11.2. The van der Waals surface area contributed by atoms with Gasteiger partial charge >= 0.3 is 5.91 Å². The molecule has 1 N–H and O–H groups in total. The third-order valence-corrected chi connectivity index (χ3v) is 4.58. The van der Waals surface area contributed by atoms with Crippen molar-refractivity contribution in [1.29, 1.82) is 0 Å². The molecular weight excluding hydrogens is 398 g/mol. The van der Waals surface area contributed by atoms with Crippen molar-refractivity contribution in [3.63, 3.8) is 0 Å². The van der Waals surface area contributed by atoms with Gasteiger partial charge in [-0.15, -0.1) is 0 Å². The Labute approximate surface area is 176 Å². The molecule has 0 saturated carbocycles. The molecule has 1 amide bonds. The highest BCUT2D eigenvalue weighted by molar-refractivity contribution is 6.03. The summed E-state index contributed by atoms with van der Waals surface area (Å²) in [5, 5.41) is 17.3. The lowest BCUT2D eigenvalue weighted by atomic mass is 10.0. The van der Waals surface area contributed by atoms with Crippen molar-refractivity contribution in [2.24, 2.45) is 5.10 Å². The Morgan fingerprint density at radius 3 is 2.81 bits per heavy atom. The van der Waals surface area contributed by atoms with Gasteiger partial charge in [-0.3, -0.25) is 14.9 Å². The van der Waals surface area contributed by atoms with E-state index in [-0.39, 0.29) is 11.4 Å². The van der Waals surface area contributed by atoms with Crippen LogP contribution < -0.4 is 10.2 Å². The molecule has 31 heavy (non-hydrogen) atoms. The largest absolute Gasteiger partial charge is 0.489 e. The summed E-state index contributed by atoms with van der Waals surface area (Å²) in [7, 11) is 0. The molecule has 0 aliphatic heterocycles. The van der Waals surface area contributed by atoms with Crippen LogP contribution in [-0.2, 0) is 0 Å². The predicted octanol–water partition coefficient (Wildman–Crippen LogP) is 4.82. The van der Waals surface area contributed by atoms with E-state index >= 15 is 0 Å². The van der Waals surface area contributed by atoms with E-state index in [9.17, 15) is 14.9 Å². The fourth-order valence-corrected chi connectivity index (χ4v) is 3.15. The maximum atomic E-state index is 12.4. The van der Waals surface area contributed by atoms with Crippen molar-refractivity contribution in [3.8, 4) is 5.75 Å². The third-order valence-electron chi connectivity index (χ3n) is 4.58. The first-order valence-corrected chi connectivity index (χ1v) is 9.33. The van der Waals surface area contributed by atoms with Crippen molar-refractivity contribution >= 4 is 39.6 Å². The summed E-state index contributed by atoms with van der Waals surface area (Å²) >= 11 is 0. The molecule has 8 heteroatoms. The molecule has 1 heterocycles. The van der Waals surface area contributed by atoms with Crippen molar-refractivity contribution in [2.45, 2.75) is 0 Å². The fourth-order valence-electron chi connectivity index (χ4n) is 3.15. The second-order valence-corrected chi connectivity index (χ2v) is 6.59. The molecule has 1 aromatic heterocycles. The van der Waals surface area contributed by atoms with Gasteiger partial charge in [-0.25, -0.2) is 5.43 Å². The zero-order valence-corrected chi connectivity index (χ0v) is 16.3. The van der Waals surface area contributed by atoms with Crippen LogP contribution in [0.2, 0.25) is 0 Å². The van der Waals surface area contributed by atoms with E-state index in [1.54, 1.807) is 6.08 Å². The maximum Gasteiger partial charge on any atom is 0.307 e. The molecule has 0 saturated heterocycles. The van der Waals surface area contributed by atoms with Gasteiger partial charge in [-0.1, -0.05) is 43.0 Å². The van der Waals surface area contributed by atoms with E-state index in [0.717, 1.165) is 10.8 Å². The molecular formula is C23H17N3O5. The van der Waals surface area contributed by atoms with Gasteiger partial charge in [0.1, 0.15) is 17.9 Å². The first kappa shape index (κ1) is 19.8. The predicted molar refractivity (Wildman–Crippen MR) is 118 cm³/mol. The lowest BCUT2D eigenvalue weighted by Gasteiger charge is -2.10. The topological polar surface area (TPSA) is 107 Å². The van der Waals surface area contributed by atoms with Gasteiger partial charge in [0.2, 0.25) is 0 Å². The number of nitrogens with one attached hydrogen (secondary N) is 1. The molecule has 0 atom stereocenters. The Balaban J connectivity index is 1.58. The van der Waals surface area contributed by atoms with Gasteiger partial charge in [0, 0.05) is 23.1 Å². The van der Waals surface area contributed by atoms with Gasteiger partial charge < -0.3 is 9.15 Å². The molecule has 3 aromatic carbocycles. The Hall–Kier alpha value is -4.46. The highest BCUT2D eigenvalue weighted by atomic mass is 16.6. The van der Waals surface area contributed by atoms with Gasteiger partial charge in [-0.05, 0) is 29.0 Å². The molecule has 8 nitrogen and oxygen atoms in total. The molecule has 0 bridgehead atoms. The van der Waals surface area contributed by atoms with Crippen molar-refractivity contribution < 1.29 is 18.9 Å². The number of hydrazone groups is 1. The van der Waals surface area contributed by atoms with Crippen molar-refractivity contribution in [2.75, 3.05) is 6.61 Å². The summed E-state index contributed by atoms with van der Waals surface area (Å²) in [4.78, 5) is 22.8. The Morgan fingerprint density at radius 2 is 2.00 bits per heavy atom. The number of nitro benzene ring substituents is 1. The Bertz CT molecular complexity index is 1340. The first-order valence-electron chi connectivity index (χ1n) is 9.33. The standard InChI is InChI=1S/C23H17N3O5/c1-2-11-30-21-9-7-15-5-3-4-6-18(15)19(21)14-24-25-23(27)22-13-16-12-17(26(28)29)8-10-20(16)31-22/h2-10,12-14H,1,11H2,(H,25,27)/b24-14-. The Kier molecular flexibility index (Phi) is 5.44. The van der Waals surface area contributed by atoms with Crippen LogP contribution in [0.4, 0.5) is 5.69 Å². The van der Waals surface area contributed by atoms with Gasteiger partial charge in [0.05, 0.1) is 11.1 Å². The fraction of sp³-hybridized carbons (Fsp3) is 0.0435. The number of furan rings is 1. The molecule has 154 valence electrons. The van der Waals surface area contributed by atoms with Gasteiger partial charge in [0.15, 0.2) is 5.76 Å². The van der Waals surface area contributed by atoms with E-state index in [0.29, 0.717) is 28.9 Å². The monoisotopic (exact) mass is 415 g/mol. The zero-order valence-electron chi connectivity index (χ0n) is 16.3. The smallest absolute Gasteiger partial charge is 0.307 e. The number of benzene rings is 3. The number of nitrogens with zero attached hydrogens (tertiary/aromatic N) is 2. The SMILES string of the molecule is C=CCOc1ccc2ccccc2c1/C=N\NC(=O)c1cc2cc([N+](=O)[O-])ccc2o1. The summed E-state index contributed by atoms with van der Waals surface area (Å²) in [6.45, 7) is 3.99. The van der Waals surface area contributed by atoms with E-state index in [1.165, 1.54) is 30.5 Å². The number of carbonyl (C=O) groups excluding carboxylic acids is 1. The highest BCUT2D eigenvalue weighted by Gasteiger charge is 2.15. The summed E-state index contributed by atoms with van der Waals surface area (Å²) in [5.41, 5.74) is 3.42. The average molecular weight is 415 g/mol.